The van der Waals surface area contributed by atoms with Crippen LogP contribution in [0.25, 0.3) is 0 Å². The molecule has 1 aromatic carbocycles. The lowest BCUT2D eigenvalue weighted by atomic mass is 9.97. The number of hydrogen-bond donors (Lipinski definition) is 2. The van der Waals surface area contributed by atoms with Crippen LogP contribution in [-0.2, 0) is 11.3 Å². The van der Waals surface area contributed by atoms with Gasteiger partial charge in [0.2, 0.25) is 5.91 Å². The van der Waals surface area contributed by atoms with Crippen molar-refractivity contribution in [1.82, 2.24) is 15.5 Å². The number of nitrogens with zero attached hydrogens (tertiary/aromatic N) is 1. The fourth-order valence-electron chi connectivity index (χ4n) is 3.93. The molecule has 3 rings (SSSR count). The summed E-state index contributed by atoms with van der Waals surface area (Å²) in [6.45, 7) is 4.46. The molecule has 1 fully saturated rings. The summed E-state index contributed by atoms with van der Waals surface area (Å²) in [5, 5.41) is 6.50. The Morgan fingerprint density at radius 3 is 2.65 bits per heavy atom. The number of piperidine rings is 1. The van der Waals surface area contributed by atoms with Gasteiger partial charge in [-0.1, -0.05) is 42.0 Å². The van der Waals surface area contributed by atoms with Gasteiger partial charge in [0.15, 0.2) is 0 Å². The summed E-state index contributed by atoms with van der Waals surface area (Å²) in [6.07, 6.45) is 10.7. The van der Waals surface area contributed by atoms with Crippen molar-refractivity contribution in [2.75, 3.05) is 26.2 Å². The molecular weight excluding hydrogens is 322 g/mol. The van der Waals surface area contributed by atoms with E-state index < -0.39 is 0 Å². The van der Waals surface area contributed by atoms with Crippen molar-refractivity contribution in [2.24, 2.45) is 0 Å². The molecule has 4 heteroatoms. The second-order valence-corrected chi connectivity index (χ2v) is 7.63. The fourth-order valence-corrected chi connectivity index (χ4v) is 3.93. The van der Waals surface area contributed by atoms with Crippen LogP contribution < -0.4 is 10.6 Å². The predicted octanol–water partition coefficient (Wildman–Crippen LogP) is 3.25. The first-order valence-electron chi connectivity index (χ1n) is 10.2. The minimum atomic E-state index is 0.133. The summed E-state index contributed by atoms with van der Waals surface area (Å²) in [6, 6.07) is 11.1. The van der Waals surface area contributed by atoms with Crippen LogP contribution in [0.1, 0.15) is 50.5 Å². The molecule has 0 spiro atoms. The molecule has 1 aliphatic carbocycles. The lowest BCUT2D eigenvalue weighted by Crippen LogP contribution is -2.45. The molecule has 1 saturated heterocycles. The van der Waals surface area contributed by atoms with E-state index in [-0.39, 0.29) is 5.91 Å². The molecule has 2 N–H and O–H groups in total. The number of allylic oxidation sites excluding steroid dienone is 1. The van der Waals surface area contributed by atoms with E-state index in [1.807, 2.05) is 0 Å². The molecule has 0 aromatic heterocycles. The average molecular weight is 356 g/mol. The molecule has 1 amide bonds. The zero-order chi connectivity index (χ0) is 18.0. The first-order chi connectivity index (χ1) is 12.8. The van der Waals surface area contributed by atoms with Crippen LogP contribution in [0.15, 0.2) is 42.0 Å². The number of likely N-dealkylation sites (tertiary alicyclic amines) is 1. The normalized spacial score (nSPS) is 19.2. The zero-order valence-corrected chi connectivity index (χ0v) is 15.9. The van der Waals surface area contributed by atoms with Gasteiger partial charge in [-0.05, 0) is 63.6 Å². The standard InChI is InChI=1S/C22H33N3O/c26-22(23-14-11-19-7-3-1-4-8-19)17-24-21-12-15-25(16-13-21)18-20-9-5-2-6-10-20/h2,5-7,9-10,21,24H,1,3-4,8,11-18H2,(H,23,26). The Morgan fingerprint density at radius 1 is 1.12 bits per heavy atom. The van der Waals surface area contributed by atoms with Gasteiger partial charge >= 0.3 is 0 Å². The van der Waals surface area contributed by atoms with Crippen LogP contribution in [0, 0.1) is 0 Å². The Morgan fingerprint density at radius 2 is 1.92 bits per heavy atom. The Kier molecular flexibility index (Phi) is 7.71. The topological polar surface area (TPSA) is 44.4 Å². The van der Waals surface area contributed by atoms with Crippen molar-refractivity contribution in [3.8, 4) is 0 Å². The van der Waals surface area contributed by atoms with Crippen molar-refractivity contribution in [1.29, 1.82) is 0 Å². The second-order valence-electron chi connectivity index (χ2n) is 7.63. The second kappa shape index (κ2) is 10.5. The Bertz CT molecular complexity index is 576. The number of rotatable bonds is 8. The van der Waals surface area contributed by atoms with Gasteiger partial charge < -0.3 is 10.6 Å². The van der Waals surface area contributed by atoms with Crippen molar-refractivity contribution < 1.29 is 4.79 Å². The van der Waals surface area contributed by atoms with Gasteiger partial charge in [-0.3, -0.25) is 9.69 Å². The number of carbonyl (C=O) groups excluding carboxylic acids is 1. The summed E-state index contributed by atoms with van der Waals surface area (Å²) in [7, 11) is 0. The molecule has 0 radical (unpaired) electrons. The third kappa shape index (κ3) is 6.58. The lowest BCUT2D eigenvalue weighted by Gasteiger charge is -2.32. The molecule has 26 heavy (non-hydrogen) atoms. The molecule has 1 heterocycles. The maximum absolute atomic E-state index is 12.0. The highest BCUT2D eigenvalue weighted by molar-refractivity contribution is 5.78. The molecular formula is C22H33N3O. The van der Waals surface area contributed by atoms with Crippen molar-refractivity contribution >= 4 is 5.91 Å². The van der Waals surface area contributed by atoms with E-state index in [1.54, 1.807) is 0 Å². The first kappa shape index (κ1) is 19.1. The minimum absolute atomic E-state index is 0.133. The summed E-state index contributed by atoms with van der Waals surface area (Å²) >= 11 is 0. The average Bonchev–Trinajstić information content (AvgIpc) is 2.69. The molecule has 1 aromatic rings. The van der Waals surface area contributed by atoms with Crippen LogP contribution in [-0.4, -0.2) is 43.0 Å². The summed E-state index contributed by atoms with van der Waals surface area (Å²) in [4.78, 5) is 14.5. The van der Waals surface area contributed by atoms with E-state index in [2.05, 4.69) is 51.9 Å². The van der Waals surface area contributed by atoms with Crippen LogP contribution in [0.2, 0.25) is 0 Å². The van der Waals surface area contributed by atoms with E-state index in [4.69, 9.17) is 0 Å². The minimum Gasteiger partial charge on any atom is -0.355 e. The fraction of sp³-hybridized carbons (Fsp3) is 0.591. The van der Waals surface area contributed by atoms with Crippen LogP contribution >= 0.6 is 0 Å². The van der Waals surface area contributed by atoms with Crippen molar-refractivity contribution in [2.45, 2.75) is 57.5 Å². The third-order valence-electron chi connectivity index (χ3n) is 5.54. The molecule has 0 bridgehead atoms. The molecule has 1 aliphatic heterocycles. The van der Waals surface area contributed by atoms with E-state index in [0.29, 0.717) is 12.6 Å². The van der Waals surface area contributed by atoms with E-state index in [1.165, 1.54) is 36.8 Å². The maximum atomic E-state index is 12.0. The van der Waals surface area contributed by atoms with Crippen LogP contribution in [0.3, 0.4) is 0 Å². The smallest absolute Gasteiger partial charge is 0.233 e. The molecule has 0 saturated carbocycles. The van der Waals surface area contributed by atoms with Gasteiger partial charge in [0, 0.05) is 19.1 Å². The molecule has 0 unspecified atom stereocenters. The number of carbonyl (C=O) groups is 1. The lowest BCUT2D eigenvalue weighted by molar-refractivity contribution is -0.120. The van der Waals surface area contributed by atoms with Crippen molar-refractivity contribution in [3.63, 3.8) is 0 Å². The largest absolute Gasteiger partial charge is 0.355 e. The monoisotopic (exact) mass is 355 g/mol. The molecule has 4 nitrogen and oxygen atoms in total. The van der Waals surface area contributed by atoms with Crippen LogP contribution in [0.4, 0.5) is 0 Å². The summed E-state index contributed by atoms with van der Waals surface area (Å²) < 4.78 is 0. The van der Waals surface area contributed by atoms with Crippen molar-refractivity contribution in [3.05, 3.63) is 47.5 Å². The number of benzene rings is 1. The highest BCUT2D eigenvalue weighted by Gasteiger charge is 2.19. The third-order valence-corrected chi connectivity index (χ3v) is 5.54. The van der Waals surface area contributed by atoms with Crippen LogP contribution in [0.5, 0.6) is 0 Å². The Balaban J connectivity index is 1.26. The van der Waals surface area contributed by atoms with E-state index >= 15 is 0 Å². The van der Waals surface area contributed by atoms with Gasteiger partial charge in [-0.2, -0.15) is 0 Å². The Labute approximate surface area is 158 Å². The predicted molar refractivity (Wildman–Crippen MR) is 107 cm³/mol. The molecule has 142 valence electrons. The van der Waals surface area contributed by atoms with E-state index in [9.17, 15) is 4.79 Å². The summed E-state index contributed by atoms with van der Waals surface area (Å²) in [5.74, 6) is 0.133. The highest BCUT2D eigenvalue weighted by atomic mass is 16.1. The van der Waals surface area contributed by atoms with E-state index in [0.717, 1.165) is 45.4 Å². The van der Waals surface area contributed by atoms with Gasteiger partial charge in [-0.15, -0.1) is 0 Å². The van der Waals surface area contributed by atoms with Gasteiger partial charge in [0.1, 0.15) is 0 Å². The molecule has 0 atom stereocenters. The number of amides is 1. The zero-order valence-electron chi connectivity index (χ0n) is 15.9. The quantitative estimate of drug-likeness (QED) is 0.704. The van der Waals surface area contributed by atoms with Gasteiger partial charge in [0.05, 0.1) is 6.54 Å². The summed E-state index contributed by atoms with van der Waals surface area (Å²) in [5.41, 5.74) is 2.90. The van der Waals surface area contributed by atoms with Gasteiger partial charge in [0.25, 0.3) is 0 Å². The Hall–Kier alpha value is -1.65. The number of nitrogens with one attached hydrogen (secondary N) is 2. The highest BCUT2D eigenvalue weighted by Crippen LogP contribution is 2.19. The maximum Gasteiger partial charge on any atom is 0.233 e. The first-order valence-corrected chi connectivity index (χ1v) is 10.2. The molecule has 2 aliphatic rings. The number of hydrogen-bond acceptors (Lipinski definition) is 3. The van der Waals surface area contributed by atoms with Gasteiger partial charge in [-0.25, -0.2) is 0 Å². The SMILES string of the molecule is O=C(CNC1CCN(Cc2ccccc2)CC1)NCCC1=CCCCC1.